The Morgan fingerprint density at radius 3 is 2.45 bits per heavy atom. The number of aromatic carboxylic acids is 1. The van der Waals surface area contributed by atoms with Gasteiger partial charge in [0, 0.05) is 18.8 Å². The second kappa shape index (κ2) is 10.0. The number of phenolic OH excluding ortho intramolecular Hbond substituents is 1. The average molecular weight is 445 g/mol. The Morgan fingerprint density at radius 2 is 1.76 bits per heavy atom. The van der Waals surface area contributed by atoms with Gasteiger partial charge in [0.05, 0.1) is 11.7 Å². The van der Waals surface area contributed by atoms with Gasteiger partial charge in [0.15, 0.2) is 0 Å². The molecule has 3 aromatic carbocycles. The van der Waals surface area contributed by atoms with Crippen molar-refractivity contribution in [2.24, 2.45) is 11.8 Å². The number of carboxylic acid groups (broad SMARTS) is 1. The zero-order chi connectivity index (χ0) is 23.4. The molecule has 1 fully saturated rings. The van der Waals surface area contributed by atoms with Gasteiger partial charge in [0.25, 0.3) is 0 Å². The predicted molar refractivity (Wildman–Crippen MR) is 127 cm³/mol. The molecule has 0 amide bonds. The summed E-state index contributed by atoms with van der Waals surface area (Å²) >= 11 is 0. The van der Waals surface area contributed by atoms with E-state index in [1.165, 1.54) is 0 Å². The number of ketones is 1. The Hall–Kier alpha value is -3.44. The molecule has 3 N–H and O–H groups in total. The topological polar surface area (TPSA) is 94.8 Å². The van der Waals surface area contributed by atoms with E-state index in [1.807, 2.05) is 36.4 Å². The monoisotopic (exact) mass is 444 g/mol. The van der Waals surface area contributed by atoms with Gasteiger partial charge in [-0.25, -0.2) is 4.79 Å². The molecule has 3 aromatic rings. The zero-order valence-corrected chi connectivity index (χ0v) is 18.4. The lowest BCUT2D eigenvalue weighted by atomic mass is 9.88. The molecule has 0 spiro atoms. The number of fused-ring (bicyclic) bond motifs is 1. The number of phenols is 1. The van der Waals surface area contributed by atoms with Crippen LogP contribution in [0, 0.1) is 11.8 Å². The first-order valence-corrected chi connectivity index (χ1v) is 11.3. The highest BCUT2D eigenvalue weighted by atomic mass is 16.4. The van der Waals surface area contributed by atoms with Crippen LogP contribution in [0.1, 0.15) is 40.7 Å². The fourth-order valence-corrected chi connectivity index (χ4v) is 4.68. The molecular formula is C28H28O5. The lowest BCUT2D eigenvalue weighted by molar-refractivity contribution is -0.121. The summed E-state index contributed by atoms with van der Waals surface area (Å²) in [6, 6.07) is 18.2. The Morgan fingerprint density at radius 1 is 1.06 bits per heavy atom. The van der Waals surface area contributed by atoms with E-state index in [2.05, 4.69) is 0 Å². The Labute approximate surface area is 193 Å². The van der Waals surface area contributed by atoms with E-state index in [4.69, 9.17) is 5.11 Å². The highest BCUT2D eigenvalue weighted by molar-refractivity contribution is 5.87. The van der Waals surface area contributed by atoms with Crippen molar-refractivity contribution in [3.8, 4) is 5.75 Å². The molecule has 0 aromatic heterocycles. The van der Waals surface area contributed by atoms with Gasteiger partial charge in [-0.15, -0.1) is 0 Å². The van der Waals surface area contributed by atoms with E-state index in [-0.39, 0.29) is 28.9 Å². The van der Waals surface area contributed by atoms with Crippen LogP contribution in [-0.2, 0) is 17.6 Å². The van der Waals surface area contributed by atoms with Crippen molar-refractivity contribution in [3.63, 3.8) is 0 Å². The molecule has 5 nitrogen and oxygen atoms in total. The van der Waals surface area contributed by atoms with E-state index in [0.29, 0.717) is 31.2 Å². The Balaban J connectivity index is 1.37. The van der Waals surface area contributed by atoms with Crippen LogP contribution in [0.3, 0.4) is 0 Å². The number of carbonyl (C=O) groups is 2. The van der Waals surface area contributed by atoms with Crippen molar-refractivity contribution in [3.05, 3.63) is 89.5 Å². The van der Waals surface area contributed by atoms with Gasteiger partial charge in [-0.1, -0.05) is 48.6 Å². The minimum absolute atomic E-state index is 0.0793. The number of hydrogen-bond acceptors (Lipinski definition) is 4. The average Bonchev–Trinajstić information content (AvgIpc) is 3.16. The molecule has 3 unspecified atom stereocenters. The summed E-state index contributed by atoms with van der Waals surface area (Å²) in [6.07, 6.45) is 5.95. The fourth-order valence-electron chi connectivity index (χ4n) is 4.68. The van der Waals surface area contributed by atoms with Crippen LogP contribution in [0.4, 0.5) is 0 Å². The molecule has 0 heterocycles. The van der Waals surface area contributed by atoms with Gasteiger partial charge in [0.2, 0.25) is 0 Å². The molecule has 0 bridgehead atoms. The largest absolute Gasteiger partial charge is 0.508 e. The fraction of sp³-hybridized carbons (Fsp3) is 0.286. The lowest BCUT2D eigenvalue weighted by Gasteiger charge is -2.16. The number of Topliss-reactive ketones (excluding diaryl/α,β-unsaturated/α-hetero) is 1. The lowest BCUT2D eigenvalue weighted by Crippen LogP contribution is -2.15. The van der Waals surface area contributed by atoms with Crippen molar-refractivity contribution in [1.29, 1.82) is 0 Å². The van der Waals surface area contributed by atoms with Crippen molar-refractivity contribution < 1.29 is 24.9 Å². The van der Waals surface area contributed by atoms with Crippen LogP contribution in [0.5, 0.6) is 5.75 Å². The van der Waals surface area contributed by atoms with Crippen LogP contribution in [0.2, 0.25) is 0 Å². The van der Waals surface area contributed by atoms with E-state index in [9.17, 15) is 19.8 Å². The van der Waals surface area contributed by atoms with Gasteiger partial charge in [-0.05, 0) is 71.3 Å². The maximum Gasteiger partial charge on any atom is 0.335 e. The number of hydrogen-bond donors (Lipinski definition) is 3. The maximum atomic E-state index is 12.4. The third-order valence-corrected chi connectivity index (χ3v) is 6.56. The standard InChI is InChI=1S/C28H28O5/c29-24(16-23-15-21-3-1-2-4-22(21)17-27(23)31)12-10-19-11-14-26(30)25(19)13-7-18-5-8-20(9-6-18)28(32)33/h1-6,8-10,12,15,17,19,24-25,29,31H,7,11,13-14,16H2,(H,32,33)/b12-10+. The molecular weight excluding hydrogens is 416 g/mol. The van der Waals surface area contributed by atoms with Crippen LogP contribution < -0.4 is 0 Å². The maximum absolute atomic E-state index is 12.4. The number of aromatic hydroxyl groups is 1. The van der Waals surface area contributed by atoms with E-state index >= 15 is 0 Å². The molecule has 3 atom stereocenters. The van der Waals surface area contributed by atoms with E-state index in [1.54, 1.807) is 36.4 Å². The van der Waals surface area contributed by atoms with Crippen LogP contribution in [0.15, 0.2) is 72.8 Å². The summed E-state index contributed by atoms with van der Waals surface area (Å²) in [5.74, 6) is -0.553. The number of allylic oxidation sites excluding steroid dienone is 1. The van der Waals surface area contributed by atoms with E-state index in [0.717, 1.165) is 22.8 Å². The number of aryl methyl sites for hydroxylation is 1. The van der Waals surface area contributed by atoms with Gasteiger partial charge < -0.3 is 15.3 Å². The summed E-state index contributed by atoms with van der Waals surface area (Å²) in [6.45, 7) is 0. The smallest absolute Gasteiger partial charge is 0.335 e. The van der Waals surface area contributed by atoms with Gasteiger partial charge in [-0.3, -0.25) is 4.79 Å². The van der Waals surface area contributed by atoms with E-state index < -0.39 is 12.1 Å². The number of aliphatic hydroxyl groups is 1. The highest BCUT2D eigenvalue weighted by Crippen LogP contribution is 2.34. The number of aliphatic hydroxyl groups excluding tert-OH is 1. The molecule has 1 saturated carbocycles. The summed E-state index contributed by atoms with van der Waals surface area (Å²) < 4.78 is 0. The van der Waals surface area contributed by atoms with Crippen molar-refractivity contribution in [2.75, 3.05) is 0 Å². The van der Waals surface area contributed by atoms with Crippen molar-refractivity contribution in [2.45, 2.75) is 38.2 Å². The SMILES string of the molecule is O=C(O)c1ccc(CCC2C(=O)CCC2/C=C/C(O)Cc2cc3ccccc3cc2O)cc1. The number of carbonyl (C=O) groups excluding carboxylic acids is 1. The highest BCUT2D eigenvalue weighted by Gasteiger charge is 2.32. The summed E-state index contributed by atoms with van der Waals surface area (Å²) in [5.41, 5.74) is 1.95. The summed E-state index contributed by atoms with van der Waals surface area (Å²) in [7, 11) is 0. The minimum atomic E-state index is -0.951. The summed E-state index contributed by atoms with van der Waals surface area (Å²) in [5, 5.41) is 31.9. The first-order chi connectivity index (χ1) is 15.9. The minimum Gasteiger partial charge on any atom is -0.508 e. The Bertz CT molecular complexity index is 1180. The van der Waals surface area contributed by atoms with Crippen LogP contribution in [-0.4, -0.2) is 33.2 Å². The molecule has 0 aliphatic heterocycles. The number of rotatable bonds is 8. The molecule has 0 radical (unpaired) electrons. The predicted octanol–water partition coefficient (Wildman–Crippen LogP) is 4.93. The summed E-state index contributed by atoms with van der Waals surface area (Å²) in [4.78, 5) is 23.4. The van der Waals surface area contributed by atoms with Gasteiger partial charge in [0.1, 0.15) is 11.5 Å². The molecule has 4 rings (SSSR count). The second-order valence-corrected chi connectivity index (χ2v) is 8.80. The molecule has 0 saturated heterocycles. The molecule has 170 valence electrons. The first-order valence-electron chi connectivity index (χ1n) is 11.3. The third-order valence-electron chi connectivity index (χ3n) is 6.56. The molecule has 33 heavy (non-hydrogen) atoms. The van der Waals surface area contributed by atoms with Crippen LogP contribution in [0.25, 0.3) is 10.8 Å². The third kappa shape index (κ3) is 5.49. The number of benzene rings is 3. The van der Waals surface area contributed by atoms with Crippen molar-refractivity contribution >= 4 is 22.5 Å². The molecule has 1 aliphatic carbocycles. The van der Waals surface area contributed by atoms with Crippen LogP contribution >= 0.6 is 0 Å². The Kier molecular flexibility index (Phi) is 6.90. The number of carboxylic acids is 1. The van der Waals surface area contributed by atoms with Crippen molar-refractivity contribution in [1.82, 2.24) is 0 Å². The first kappa shape index (κ1) is 22.7. The normalized spacial score (nSPS) is 19.4. The molecule has 5 heteroatoms. The van der Waals surface area contributed by atoms with Gasteiger partial charge >= 0.3 is 5.97 Å². The van der Waals surface area contributed by atoms with Gasteiger partial charge in [-0.2, -0.15) is 0 Å². The molecule has 1 aliphatic rings. The zero-order valence-electron chi connectivity index (χ0n) is 18.4. The second-order valence-electron chi connectivity index (χ2n) is 8.80. The quantitative estimate of drug-likeness (QED) is 0.428.